The number of fused-ring (bicyclic) bond motifs is 2. The van der Waals surface area contributed by atoms with E-state index in [4.69, 9.17) is 15.2 Å². The van der Waals surface area contributed by atoms with Gasteiger partial charge >= 0.3 is 0 Å². The van der Waals surface area contributed by atoms with Crippen LogP contribution in [-0.4, -0.2) is 10.2 Å². The normalized spacial score (nSPS) is 15.2. The molecule has 7 heteroatoms. The van der Waals surface area contributed by atoms with Crippen LogP contribution in [0.15, 0.2) is 76.6 Å². The van der Waals surface area contributed by atoms with Gasteiger partial charge in [-0.2, -0.15) is 5.26 Å². The second-order valence-corrected chi connectivity index (χ2v) is 8.46. The molecule has 5 rings (SSSR count). The lowest BCUT2D eigenvalue weighted by Gasteiger charge is -2.24. The van der Waals surface area contributed by atoms with Gasteiger partial charge in [0.2, 0.25) is 11.8 Å². The smallest absolute Gasteiger partial charge is 0.244 e. The zero-order chi connectivity index (χ0) is 22.2. The summed E-state index contributed by atoms with van der Waals surface area (Å²) in [5.41, 5.74) is 10.0. The Morgan fingerprint density at radius 3 is 2.81 bits per heavy atom. The minimum atomic E-state index is -0.370. The first-order chi connectivity index (χ1) is 15.6. The maximum absolute atomic E-state index is 9.73. The first-order valence-corrected chi connectivity index (χ1v) is 10.9. The first-order valence-electron chi connectivity index (χ1n) is 10.1. The summed E-state index contributed by atoms with van der Waals surface area (Å²) in [6, 6.07) is 22.5. The van der Waals surface area contributed by atoms with Crippen molar-refractivity contribution >= 4 is 26.7 Å². The zero-order valence-corrected chi connectivity index (χ0v) is 18.8. The highest BCUT2D eigenvalue weighted by Crippen LogP contribution is 2.44. The molecule has 158 valence electrons. The van der Waals surface area contributed by atoms with Crippen molar-refractivity contribution in [2.75, 3.05) is 0 Å². The lowest BCUT2D eigenvalue weighted by atomic mass is 9.84. The fourth-order valence-electron chi connectivity index (χ4n) is 4.12. The Balaban J connectivity index is 1.46. The molecule has 1 atom stereocenters. The molecular formula is C25H19BrN4O2. The van der Waals surface area contributed by atoms with Crippen LogP contribution >= 0.6 is 15.9 Å². The number of nitriles is 1. The van der Waals surface area contributed by atoms with E-state index in [1.54, 1.807) is 0 Å². The average molecular weight is 487 g/mol. The summed E-state index contributed by atoms with van der Waals surface area (Å²) in [4.78, 5) is 0. The van der Waals surface area contributed by atoms with Gasteiger partial charge in [0, 0.05) is 11.3 Å². The molecule has 1 aromatic heterocycles. The van der Waals surface area contributed by atoms with Gasteiger partial charge in [-0.1, -0.05) is 48.5 Å². The van der Waals surface area contributed by atoms with E-state index >= 15 is 0 Å². The minimum absolute atomic E-state index is 0.0731. The molecule has 3 N–H and O–H groups in total. The summed E-state index contributed by atoms with van der Waals surface area (Å²) in [6.45, 7) is 2.34. The zero-order valence-electron chi connectivity index (χ0n) is 17.2. The van der Waals surface area contributed by atoms with Crippen LogP contribution in [-0.2, 0) is 6.61 Å². The van der Waals surface area contributed by atoms with Crippen molar-refractivity contribution in [2.45, 2.75) is 19.4 Å². The molecule has 0 unspecified atom stereocenters. The molecule has 1 aliphatic rings. The number of rotatable bonds is 4. The molecule has 2 heterocycles. The molecule has 0 bridgehead atoms. The van der Waals surface area contributed by atoms with Gasteiger partial charge in [-0.3, -0.25) is 5.10 Å². The quantitative estimate of drug-likeness (QED) is 0.400. The lowest BCUT2D eigenvalue weighted by molar-refractivity contribution is 0.305. The highest BCUT2D eigenvalue weighted by Gasteiger charge is 2.34. The van der Waals surface area contributed by atoms with Crippen molar-refractivity contribution in [3.8, 4) is 17.7 Å². The molecule has 0 saturated heterocycles. The molecule has 1 aliphatic heterocycles. The number of aromatic nitrogens is 2. The van der Waals surface area contributed by atoms with Crippen LogP contribution in [0.5, 0.6) is 11.6 Å². The number of hydrogen-bond acceptors (Lipinski definition) is 5. The van der Waals surface area contributed by atoms with Gasteiger partial charge in [-0.15, -0.1) is 5.10 Å². The summed E-state index contributed by atoms with van der Waals surface area (Å²) < 4.78 is 12.5. The summed E-state index contributed by atoms with van der Waals surface area (Å²) in [5, 5.41) is 19.2. The number of aromatic amines is 1. The maximum Gasteiger partial charge on any atom is 0.244 e. The summed E-state index contributed by atoms with van der Waals surface area (Å²) >= 11 is 3.63. The van der Waals surface area contributed by atoms with Crippen molar-refractivity contribution in [2.24, 2.45) is 5.73 Å². The van der Waals surface area contributed by atoms with Crippen LogP contribution < -0.4 is 15.2 Å². The van der Waals surface area contributed by atoms with E-state index in [1.807, 2.05) is 43.3 Å². The summed E-state index contributed by atoms with van der Waals surface area (Å²) in [6.07, 6.45) is 0. The molecule has 4 aromatic rings. The molecule has 0 aliphatic carbocycles. The Bertz CT molecular complexity index is 1410. The third-order valence-electron chi connectivity index (χ3n) is 5.68. The Morgan fingerprint density at radius 1 is 1.19 bits per heavy atom. The van der Waals surface area contributed by atoms with Gasteiger partial charge in [0.15, 0.2) is 0 Å². The Hall–Kier alpha value is -3.76. The topological polar surface area (TPSA) is 97.0 Å². The number of hydrogen-bond donors (Lipinski definition) is 2. The number of H-pyrrole nitrogens is 1. The number of aryl methyl sites for hydroxylation is 1. The van der Waals surface area contributed by atoms with E-state index in [-0.39, 0.29) is 11.8 Å². The fraction of sp³-hybridized carbons (Fsp3) is 0.120. The van der Waals surface area contributed by atoms with Crippen molar-refractivity contribution in [3.63, 3.8) is 0 Å². The highest BCUT2D eigenvalue weighted by atomic mass is 79.9. The number of allylic oxidation sites excluding steroid dienone is 1. The summed E-state index contributed by atoms with van der Waals surface area (Å²) in [5.74, 6) is 0.819. The van der Waals surface area contributed by atoms with E-state index < -0.39 is 0 Å². The maximum atomic E-state index is 9.73. The average Bonchev–Trinajstić information content (AvgIpc) is 3.17. The summed E-state index contributed by atoms with van der Waals surface area (Å²) in [7, 11) is 0. The van der Waals surface area contributed by atoms with Crippen LogP contribution in [0.25, 0.3) is 10.8 Å². The third kappa shape index (κ3) is 3.39. The molecule has 0 fully saturated rings. The number of benzene rings is 3. The van der Waals surface area contributed by atoms with Gasteiger partial charge in [-0.05, 0) is 56.9 Å². The second kappa shape index (κ2) is 8.06. The van der Waals surface area contributed by atoms with E-state index in [1.165, 1.54) is 10.8 Å². The fourth-order valence-corrected chi connectivity index (χ4v) is 4.63. The molecule has 3 aromatic carbocycles. The van der Waals surface area contributed by atoms with Crippen LogP contribution in [0, 0.1) is 18.3 Å². The van der Waals surface area contributed by atoms with Crippen LogP contribution in [0.1, 0.15) is 28.3 Å². The van der Waals surface area contributed by atoms with Crippen molar-refractivity contribution < 1.29 is 9.47 Å². The third-order valence-corrected chi connectivity index (χ3v) is 6.30. The second-order valence-electron chi connectivity index (χ2n) is 7.61. The number of ether oxygens (including phenoxy) is 2. The first kappa shape index (κ1) is 20.2. The Labute approximate surface area is 193 Å². The van der Waals surface area contributed by atoms with Gasteiger partial charge < -0.3 is 15.2 Å². The molecule has 32 heavy (non-hydrogen) atoms. The number of halogens is 1. The van der Waals surface area contributed by atoms with Crippen LogP contribution in [0.2, 0.25) is 0 Å². The van der Waals surface area contributed by atoms with Crippen molar-refractivity contribution in [1.82, 2.24) is 10.2 Å². The van der Waals surface area contributed by atoms with E-state index in [9.17, 15) is 5.26 Å². The predicted octanol–water partition coefficient (Wildman–Crippen LogP) is 5.43. The van der Waals surface area contributed by atoms with E-state index in [2.05, 4.69) is 56.5 Å². The van der Waals surface area contributed by atoms with E-state index in [0.717, 1.165) is 26.9 Å². The van der Waals surface area contributed by atoms with Crippen molar-refractivity contribution in [3.05, 3.63) is 99.0 Å². The highest BCUT2D eigenvalue weighted by molar-refractivity contribution is 9.10. The molecule has 0 spiro atoms. The largest absolute Gasteiger partial charge is 0.488 e. The van der Waals surface area contributed by atoms with Gasteiger partial charge in [-0.25, -0.2) is 0 Å². The van der Waals surface area contributed by atoms with E-state index in [0.29, 0.717) is 23.8 Å². The molecule has 0 saturated carbocycles. The monoisotopic (exact) mass is 486 g/mol. The van der Waals surface area contributed by atoms with Gasteiger partial charge in [0.25, 0.3) is 0 Å². The Kier molecular flexibility index (Phi) is 5.08. The van der Waals surface area contributed by atoms with Crippen LogP contribution in [0.3, 0.4) is 0 Å². The van der Waals surface area contributed by atoms with Gasteiger partial charge in [0.1, 0.15) is 24.0 Å². The standard InChI is InChI=1S/C25H19BrN4O2/c1-14-22-23(19(12-27)24(28)32-25(22)30-29-14)16-9-10-21(20(26)11-16)31-13-17-7-4-6-15-5-2-3-8-18(15)17/h2-11,23H,13,28H2,1H3,(H,29,30)/t23-/m1/s1. The predicted molar refractivity (Wildman–Crippen MR) is 125 cm³/mol. The minimum Gasteiger partial charge on any atom is -0.488 e. The number of nitrogens with zero attached hydrogens (tertiary/aromatic N) is 2. The van der Waals surface area contributed by atoms with Crippen LogP contribution in [0.4, 0.5) is 0 Å². The molecule has 0 radical (unpaired) electrons. The SMILES string of the molecule is Cc1[nH]nc2c1[C@H](c1ccc(OCc3cccc4ccccc34)c(Br)c1)C(C#N)=C(N)O2. The number of nitrogens with two attached hydrogens (primary N) is 1. The number of nitrogens with one attached hydrogen (secondary N) is 1. The molecule has 0 amide bonds. The molecule has 6 nitrogen and oxygen atoms in total. The molecular weight excluding hydrogens is 468 g/mol. The lowest BCUT2D eigenvalue weighted by Crippen LogP contribution is -2.21. The van der Waals surface area contributed by atoms with Gasteiger partial charge in [0.05, 0.1) is 10.4 Å². The Morgan fingerprint density at radius 2 is 2.00 bits per heavy atom. The van der Waals surface area contributed by atoms with Crippen molar-refractivity contribution in [1.29, 1.82) is 5.26 Å².